The summed E-state index contributed by atoms with van der Waals surface area (Å²) in [4.78, 5) is 2.47. The Morgan fingerprint density at radius 3 is 2.55 bits per heavy atom. The fourth-order valence-electron chi connectivity index (χ4n) is 3.78. The van der Waals surface area contributed by atoms with Crippen molar-refractivity contribution in [1.29, 1.82) is 0 Å². The highest BCUT2D eigenvalue weighted by Gasteiger charge is 2.18. The minimum absolute atomic E-state index is 0. The van der Waals surface area contributed by atoms with Crippen molar-refractivity contribution in [3.63, 3.8) is 0 Å². The average molecular weight is 564 g/mol. The van der Waals surface area contributed by atoms with Crippen LogP contribution in [0.2, 0.25) is 0 Å². The van der Waals surface area contributed by atoms with Gasteiger partial charge in [0.15, 0.2) is 0 Å². The third kappa shape index (κ3) is 9.05. The van der Waals surface area contributed by atoms with Crippen LogP contribution in [0, 0.1) is 0 Å². The van der Waals surface area contributed by atoms with E-state index in [2.05, 4.69) is 54.7 Å². The average Bonchev–Trinajstić information content (AvgIpc) is 3.16. The topological polar surface area (TPSA) is 101 Å². The summed E-state index contributed by atoms with van der Waals surface area (Å²) in [5.41, 5.74) is 14.6. The Bertz CT molecular complexity index is 805. The maximum atomic E-state index is 5.69. The number of rotatable bonds is 12. The molecule has 0 atom stereocenters. The van der Waals surface area contributed by atoms with E-state index in [0.717, 1.165) is 62.9 Å². The van der Waals surface area contributed by atoms with E-state index >= 15 is 0 Å². The van der Waals surface area contributed by atoms with Crippen molar-refractivity contribution in [1.82, 2.24) is 4.57 Å². The number of hydrogen-bond acceptors (Lipinski definition) is 6. The van der Waals surface area contributed by atoms with Crippen molar-refractivity contribution in [3.05, 3.63) is 30.6 Å². The van der Waals surface area contributed by atoms with Crippen LogP contribution in [0.4, 0.5) is 23.0 Å². The number of benzene rings is 1. The first-order valence-electron chi connectivity index (χ1n) is 11.3. The van der Waals surface area contributed by atoms with E-state index in [-0.39, 0.29) is 41.8 Å². The Kier molecular flexibility index (Phi) is 16.4. The fraction of sp³-hybridized carbons (Fsp3) is 0.591. The Labute approximate surface area is 220 Å². The molecule has 5 N–H and O–H groups in total. The Hall–Kier alpha value is -1.39. The number of anilines is 2. The number of aryl methyl sites for hydroxylation is 2. The van der Waals surface area contributed by atoms with Gasteiger partial charge in [0.2, 0.25) is 0 Å². The molecule has 1 aliphatic rings. The quantitative estimate of drug-likeness (QED) is 0.136. The zero-order chi connectivity index (χ0) is 21.2. The summed E-state index contributed by atoms with van der Waals surface area (Å²) in [6.07, 6.45) is 9.66. The highest BCUT2D eigenvalue weighted by molar-refractivity contribution is 5.75. The Morgan fingerprint density at radius 2 is 1.82 bits per heavy atom. The number of aromatic nitrogens is 2. The van der Waals surface area contributed by atoms with Crippen molar-refractivity contribution in [3.8, 4) is 0 Å². The van der Waals surface area contributed by atoms with Gasteiger partial charge in [0.25, 0.3) is 0 Å². The van der Waals surface area contributed by atoms with Gasteiger partial charge >= 0.3 is 5.95 Å². The van der Waals surface area contributed by atoms with Crippen LogP contribution in [-0.4, -0.2) is 37.3 Å². The zero-order valence-electron chi connectivity index (χ0n) is 19.4. The molecule has 11 heteroatoms. The number of fused-ring (bicyclic) bond motifs is 1. The first-order valence-corrected chi connectivity index (χ1v) is 11.3. The van der Waals surface area contributed by atoms with Gasteiger partial charge in [0, 0.05) is 24.7 Å². The van der Waals surface area contributed by atoms with E-state index in [1.807, 2.05) is 12.4 Å². The minimum atomic E-state index is 0. The van der Waals surface area contributed by atoms with E-state index in [9.17, 15) is 0 Å². The second-order valence-electron chi connectivity index (χ2n) is 7.79. The number of nitrogens with two attached hydrogens (primary N) is 2. The van der Waals surface area contributed by atoms with E-state index < -0.39 is 0 Å². The predicted molar refractivity (Wildman–Crippen MR) is 123 cm³/mol. The summed E-state index contributed by atoms with van der Waals surface area (Å²) in [7, 11) is 0. The molecule has 0 saturated heterocycles. The molecule has 1 aromatic carbocycles. The molecule has 0 amide bonds. The number of nitrogens with one attached hydrogen (secondary N) is 1. The summed E-state index contributed by atoms with van der Waals surface area (Å²) in [6, 6.07) is 6.32. The monoisotopic (exact) mass is 562 g/mol. The van der Waals surface area contributed by atoms with Gasteiger partial charge < -0.3 is 63.5 Å². The summed E-state index contributed by atoms with van der Waals surface area (Å²) in [5, 5.41) is 12.7. The molecule has 0 aliphatic carbocycles. The minimum Gasteiger partial charge on any atom is -1.00 e. The molecule has 1 aromatic heterocycles. The van der Waals surface area contributed by atoms with Crippen LogP contribution in [0.25, 0.3) is 0 Å². The molecule has 0 radical (unpaired) electrons. The lowest BCUT2D eigenvalue weighted by Crippen LogP contribution is -3.00. The van der Waals surface area contributed by atoms with Crippen LogP contribution in [0.15, 0.2) is 40.8 Å². The van der Waals surface area contributed by atoms with Crippen molar-refractivity contribution < 1.29 is 46.4 Å². The van der Waals surface area contributed by atoms with Gasteiger partial charge in [-0.15, -0.1) is 0 Å². The van der Waals surface area contributed by atoms with Crippen LogP contribution in [0.1, 0.15) is 39.0 Å². The van der Waals surface area contributed by atoms with E-state index in [1.165, 1.54) is 24.9 Å². The lowest BCUT2D eigenvalue weighted by atomic mass is 10.1. The molecule has 0 unspecified atom stereocenters. The van der Waals surface area contributed by atoms with Crippen LogP contribution < -0.4 is 68.0 Å². The van der Waals surface area contributed by atoms with Crippen LogP contribution in [-0.2, 0) is 13.1 Å². The molecule has 0 spiro atoms. The lowest BCUT2D eigenvalue weighted by Gasteiger charge is -2.32. The molecule has 0 fully saturated rings. The zero-order valence-corrected chi connectivity index (χ0v) is 22.5. The molecule has 0 saturated carbocycles. The van der Waals surface area contributed by atoms with Crippen molar-refractivity contribution in [2.24, 2.45) is 21.7 Å². The summed E-state index contributed by atoms with van der Waals surface area (Å²) < 4.78 is 4.22. The maximum absolute atomic E-state index is 5.69. The Balaban J connectivity index is 0.00000341. The number of hydrogen-bond donors (Lipinski definition) is 3. The van der Waals surface area contributed by atoms with Crippen molar-refractivity contribution in [2.45, 2.75) is 52.1 Å². The molecule has 2 heterocycles. The number of azo groups is 1. The molecule has 188 valence electrons. The summed E-state index contributed by atoms with van der Waals surface area (Å²) in [6.45, 7) is 8.34. The Morgan fingerprint density at radius 1 is 1.03 bits per heavy atom. The van der Waals surface area contributed by atoms with Crippen LogP contribution in [0.3, 0.4) is 0 Å². The second kappa shape index (κ2) is 17.1. The number of imidazole rings is 1. The molecule has 2 aromatic rings. The molecule has 8 nitrogen and oxygen atoms in total. The summed E-state index contributed by atoms with van der Waals surface area (Å²) >= 11 is 0. The van der Waals surface area contributed by atoms with E-state index in [4.69, 9.17) is 11.5 Å². The first kappa shape index (κ1) is 31.6. The lowest BCUT2D eigenvalue weighted by molar-refractivity contribution is -0.683. The SMILES string of the molecule is CCCCCN1CCNc2cc(N=Nc3n(CCCN)cc[n+]3CCCN)ccc21.[Br-].[Cl-].[Cl-]. The number of nitrogens with zero attached hydrogens (tertiary/aromatic N) is 5. The van der Waals surface area contributed by atoms with Gasteiger partial charge in [-0.05, 0) is 50.6 Å². The predicted octanol–water partition coefficient (Wildman–Crippen LogP) is -5.68. The molecular weight excluding hydrogens is 527 g/mol. The van der Waals surface area contributed by atoms with Gasteiger partial charge in [0.05, 0.1) is 36.9 Å². The van der Waals surface area contributed by atoms with Crippen LogP contribution >= 0.6 is 0 Å². The first-order chi connectivity index (χ1) is 14.8. The van der Waals surface area contributed by atoms with Gasteiger partial charge in [0.1, 0.15) is 5.69 Å². The molecular formula is C22H37BrCl2N8-2. The normalized spacial score (nSPS) is 12.4. The van der Waals surface area contributed by atoms with E-state index in [0.29, 0.717) is 13.1 Å². The smallest absolute Gasteiger partial charge is 0.421 e. The largest absolute Gasteiger partial charge is 1.00 e. The molecule has 33 heavy (non-hydrogen) atoms. The fourth-order valence-corrected chi connectivity index (χ4v) is 3.78. The third-order valence-electron chi connectivity index (χ3n) is 5.45. The van der Waals surface area contributed by atoms with Gasteiger partial charge in [-0.2, -0.15) is 0 Å². The van der Waals surface area contributed by atoms with Gasteiger partial charge in [-0.1, -0.05) is 24.9 Å². The highest BCUT2D eigenvalue weighted by atomic mass is 79.9. The molecule has 1 aliphatic heterocycles. The van der Waals surface area contributed by atoms with E-state index in [1.54, 1.807) is 0 Å². The number of halogens is 3. The summed E-state index contributed by atoms with van der Waals surface area (Å²) in [5.74, 6) is 0.837. The van der Waals surface area contributed by atoms with Gasteiger partial charge in [-0.25, -0.2) is 9.13 Å². The second-order valence-corrected chi connectivity index (χ2v) is 7.79. The standard InChI is InChI=1S/C22H37N8.BrH.2ClH/c1-2-3-4-12-28-15-11-25-20-18-19(7-8-21(20)28)26-27-22-29(13-5-9-23)16-17-30(22)14-6-10-24;;;/h7-8,16-18,25H,2-6,9-15,23-24H2,1H3;3*1H/q+1;;;/p-3. The van der Waals surface area contributed by atoms with Gasteiger partial charge in [-0.3, -0.25) is 0 Å². The highest BCUT2D eigenvalue weighted by Crippen LogP contribution is 2.33. The molecule has 0 bridgehead atoms. The van der Waals surface area contributed by atoms with Crippen molar-refractivity contribution in [2.75, 3.05) is 42.9 Å². The third-order valence-corrected chi connectivity index (χ3v) is 5.45. The van der Waals surface area contributed by atoms with Crippen LogP contribution in [0.5, 0.6) is 0 Å². The molecule has 3 rings (SSSR count). The maximum Gasteiger partial charge on any atom is 0.421 e. The van der Waals surface area contributed by atoms with Crippen molar-refractivity contribution >= 4 is 23.0 Å². The number of unbranched alkanes of at least 4 members (excludes halogenated alkanes) is 2.